The third-order valence-electron chi connectivity index (χ3n) is 5.93. The highest BCUT2D eigenvalue weighted by Gasteiger charge is 2.80. The van der Waals surface area contributed by atoms with Gasteiger partial charge < -0.3 is 15.2 Å². The first-order chi connectivity index (χ1) is 12.2. The second-order valence-electron chi connectivity index (χ2n) is 7.76. The van der Waals surface area contributed by atoms with Crippen molar-refractivity contribution < 1.29 is 19.8 Å². The number of nitrogens with one attached hydrogen (secondary N) is 1. The Morgan fingerprint density at radius 3 is 2.31 bits per heavy atom. The van der Waals surface area contributed by atoms with Crippen LogP contribution in [0, 0.1) is 24.7 Å². The molecule has 1 aromatic carbocycles. The minimum atomic E-state index is -1.21. The number of carboxylic acids is 2. The molecule has 26 heavy (non-hydrogen) atoms. The summed E-state index contributed by atoms with van der Waals surface area (Å²) in [6.07, 6.45) is 0.174. The molecule has 136 valence electrons. The number of aryl methyl sites for hydroxylation is 2. The van der Waals surface area contributed by atoms with Gasteiger partial charge in [-0.1, -0.05) is 6.07 Å². The zero-order chi connectivity index (χ0) is 18.9. The van der Waals surface area contributed by atoms with E-state index in [1.54, 1.807) is 0 Å². The Labute approximate surface area is 149 Å². The Kier molecular flexibility index (Phi) is 3.34. The normalized spacial score (nSPS) is 27.5. The first kappa shape index (κ1) is 16.8. The van der Waals surface area contributed by atoms with E-state index in [1.807, 2.05) is 30.9 Å². The highest BCUT2D eigenvalue weighted by atomic mass is 16.4. The van der Waals surface area contributed by atoms with Crippen LogP contribution in [0.1, 0.15) is 23.2 Å². The largest absolute Gasteiger partial charge is 0.481 e. The van der Waals surface area contributed by atoms with Gasteiger partial charge in [0.05, 0.1) is 16.3 Å². The number of hydrogen-bond donors (Lipinski definition) is 3. The standard InChI is InChI=1S/C19H20N2O5/c1-10-3-11(2)15-13(4-10)14(22)5-12(20-15)6-21-8-18(16(23)24)7-19(18,9-21)17(25)26/h3-5H,6-9H2,1-2H3,(H,20,22)(H,23,24)(H,25,26)/t18-,19+. The molecule has 0 bridgehead atoms. The number of H-pyrrole nitrogens is 1. The number of aromatic nitrogens is 1. The van der Waals surface area contributed by atoms with Crippen molar-refractivity contribution in [2.75, 3.05) is 13.1 Å². The van der Waals surface area contributed by atoms with Crippen LogP contribution < -0.4 is 5.43 Å². The lowest BCUT2D eigenvalue weighted by Crippen LogP contribution is -2.29. The van der Waals surface area contributed by atoms with Gasteiger partial charge in [0.1, 0.15) is 0 Å². The van der Waals surface area contributed by atoms with Crippen LogP contribution in [-0.4, -0.2) is 45.1 Å². The lowest BCUT2D eigenvalue weighted by atomic mass is 9.97. The molecule has 1 saturated carbocycles. The monoisotopic (exact) mass is 356 g/mol. The fourth-order valence-electron chi connectivity index (χ4n) is 4.60. The van der Waals surface area contributed by atoms with Gasteiger partial charge in [0, 0.05) is 36.8 Å². The van der Waals surface area contributed by atoms with Gasteiger partial charge in [0.15, 0.2) is 5.43 Å². The number of aliphatic carboxylic acids is 2. The summed E-state index contributed by atoms with van der Waals surface area (Å²) in [7, 11) is 0. The molecule has 0 unspecified atom stereocenters. The number of fused-ring (bicyclic) bond motifs is 2. The van der Waals surface area contributed by atoms with Crippen molar-refractivity contribution in [3.05, 3.63) is 45.2 Å². The quantitative estimate of drug-likeness (QED) is 0.766. The van der Waals surface area contributed by atoms with Crippen molar-refractivity contribution in [1.29, 1.82) is 0 Å². The predicted molar refractivity (Wildman–Crippen MR) is 94.1 cm³/mol. The number of pyridine rings is 1. The first-order valence-electron chi connectivity index (χ1n) is 8.51. The van der Waals surface area contributed by atoms with Crippen molar-refractivity contribution >= 4 is 22.8 Å². The third-order valence-corrected chi connectivity index (χ3v) is 5.93. The van der Waals surface area contributed by atoms with Crippen molar-refractivity contribution in [2.45, 2.75) is 26.8 Å². The van der Waals surface area contributed by atoms with E-state index in [-0.39, 0.29) is 24.9 Å². The van der Waals surface area contributed by atoms with Gasteiger partial charge in [-0.25, -0.2) is 0 Å². The van der Waals surface area contributed by atoms with E-state index < -0.39 is 22.8 Å². The van der Waals surface area contributed by atoms with Gasteiger partial charge in [0.2, 0.25) is 0 Å². The number of nitrogens with zero attached hydrogens (tertiary/aromatic N) is 1. The van der Waals surface area contributed by atoms with Crippen LogP contribution in [0.15, 0.2) is 23.0 Å². The highest BCUT2D eigenvalue weighted by Crippen LogP contribution is 2.68. The van der Waals surface area contributed by atoms with Crippen LogP contribution in [-0.2, 0) is 16.1 Å². The van der Waals surface area contributed by atoms with Crippen LogP contribution in [0.2, 0.25) is 0 Å². The van der Waals surface area contributed by atoms with Crippen molar-refractivity contribution in [2.24, 2.45) is 10.8 Å². The molecule has 1 saturated heterocycles. The maximum Gasteiger partial charge on any atom is 0.312 e. The predicted octanol–water partition coefficient (Wildman–Crippen LogP) is 1.51. The second kappa shape index (κ2) is 5.17. The van der Waals surface area contributed by atoms with E-state index in [4.69, 9.17) is 0 Å². The zero-order valence-electron chi connectivity index (χ0n) is 14.6. The van der Waals surface area contributed by atoms with Crippen LogP contribution in [0.25, 0.3) is 10.9 Å². The summed E-state index contributed by atoms with van der Waals surface area (Å²) in [5, 5.41) is 19.6. The molecule has 3 N–H and O–H groups in total. The van der Waals surface area contributed by atoms with Crippen molar-refractivity contribution in [1.82, 2.24) is 9.88 Å². The van der Waals surface area contributed by atoms with Gasteiger partial charge in [-0.05, 0) is 37.5 Å². The van der Waals surface area contributed by atoms with Crippen LogP contribution in [0.4, 0.5) is 0 Å². The molecule has 0 radical (unpaired) electrons. The van der Waals surface area contributed by atoms with E-state index >= 15 is 0 Å². The summed E-state index contributed by atoms with van der Waals surface area (Å²) in [5.41, 5.74) is 0.907. The smallest absolute Gasteiger partial charge is 0.312 e. The second-order valence-corrected chi connectivity index (χ2v) is 7.76. The molecule has 2 heterocycles. The SMILES string of the molecule is Cc1cc(C)c2[nH]c(CN3C[C@@]4(C(=O)O)C[C@@]4(C(=O)O)C3)cc(=O)c2c1. The minimum absolute atomic E-state index is 0.0918. The molecule has 0 amide bonds. The summed E-state index contributed by atoms with van der Waals surface area (Å²) >= 11 is 0. The molecule has 2 fully saturated rings. The molecule has 4 rings (SSSR count). The van der Waals surface area contributed by atoms with Crippen molar-refractivity contribution in [3.8, 4) is 0 Å². The maximum absolute atomic E-state index is 12.5. The van der Waals surface area contributed by atoms with E-state index in [2.05, 4.69) is 4.98 Å². The average Bonchev–Trinajstić information content (AvgIpc) is 3.08. The molecular weight excluding hydrogens is 336 g/mol. The lowest BCUT2D eigenvalue weighted by Gasteiger charge is -2.20. The van der Waals surface area contributed by atoms with Crippen LogP contribution in [0.3, 0.4) is 0 Å². The fraction of sp³-hybridized carbons (Fsp3) is 0.421. The van der Waals surface area contributed by atoms with E-state index in [1.165, 1.54) is 6.07 Å². The van der Waals surface area contributed by atoms with Crippen LogP contribution in [0.5, 0.6) is 0 Å². The van der Waals surface area contributed by atoms with E-state index in [0.717, 1.165) is 16.6 Å². The number of aromatic amines is 1. The molecule has 1 aliphatic carbocycles. The number of carbonyl (C=O) groups is 2. The highest BCUT2D eigenvalue weighted by molar-refractivity contribution is 5.94. The summed E-state index contributed by atoms with van der Waals surface area (Å²) in [6.45, 7) is 4.55. The molecule has 1 aromatic heterocycles. The fourth-order valence-corrected chi connectivity index (χ4v) is 4.60. The summed E-state index contributed by atoms with van der Waals surface area (Å²) in [5.74, 6) is -2.11. The third kappa shape index (κ3) is 2.13. The van der Waals surface area contributed by atoms with Gasteiger partial charge in [-0.3, -0.25) is 19.3 Å². The number of hydrogen-bond acceptors (Lipinski definition) is 4. The van der Waals surface area contributed by atoms with Gasteiger partial charge in [-0.2, -0.15) is 0 Å². The molecule has 1 aliphatic heterocycles. The topological polar surface area (TPSA) is 111 Å². The molecular formula is C19H20N2O5. The molecule has 2 aliphatic rings. The number of rotatable bonds is 4. The Balaban J connectivity index is 1.66. The molecule has 0 spiro atoms. The Morgan fingerprint density at radius 2 is 1.73 bits per heavy atom. The summed E-state index contributed by atoms with van der Waals surface area (Å²) in [4.78, 5) is 40.8. The molecule has 7 nitrogen and oxygen atoms in total. The molecule has 2 atom stereocenters. The van der Waals surface area contributed by atoms with Gasteiger partial charge >= 0.3 is 11.9 Å². The van der Waals surface area contributed by atoms with Crippen LogP contribution >= 0.6 is 0 Å². The van der Waals surface area contributed by atoms with E-state index in [9.17, 15) is 24.6 Å². The Morgan fingerprint density at radius 1 is 1.12 bits per heavy atom. The summed E-state index contributed by atoms with van der Waals surface area (Å²) < 4.78 is 0. The number of benzene rings is 1. The van der Waals surface area contributed by atoms with E-state index in [0.29, 0.717) is 17.6 Å². The number of carboxylic acid groups (broad SMARTS) is 2. The van der Waals surface area contributed by atoms with Gasteiger partial charge in [-0.15, -0.1) is 0 Å². The van der Waals surface area contributed by atoms with Crippen molar-refractivity contribution in [3.63, 3.8) is 0 Å². The zero-order valence-corrected chi connectivity index (χ0v) is 14.6. The Hall–Kier alpha value is -2.67. The Bertz CT molecular complexity index is 998. The summed E-state index contributed by atoms with van der Waals surface area (Å²) in [6, 6.07) is 5.35. The lowest BCUT2D eigenvalue weighted by molar-refractivity contribution is -0.151. The maximum atomic E-state index is 12.5. The molecule has 2 aromatic rings. The first-order valence-corrected chi connectivity index (χ1v) is 8.51. The minimum Gasteiger partial charge on any atom is -0.481 e. The molecule has 7 heteroatoms. The number of likely N-dealkylation sites (tertiary alicyclic amines) is 1. The number of piperidine rings is 1. The average molecular weight is 356 g/mol. The van der Waals surface area contributed by atoms with Gasteiger partial charge in [0.25, 0.3) is 0 Å².